The normalized spacial score (nSPS) is 20.7. The topological polar surface area (TPSA) is 109 Å². The zero-order valence-corrected chi connectivity index (χ0v) is 15.4. The van der Waals surface area contributed by atoms with E-state index in [4.69, 9.17) is 9.47 Å². The Balaban J connectivity index is 1.86. The number of hydrogen-bond donors (Lipinski definition) is 2. The first-order valence-electron chi connectivity index (χ1n) is 8.61. The number of ether oxygens (including phenoxy) is 2. The van der Waals surface area contributed by atoms with Crippen molar-refractivity contribution in [2.45, 2.75) is 38.6 Å². The predicted octanol–water partition coefficient (Wildman–Crippen LogP) is 1.31. The maximum Gasteiger partial charge on any atom is 0.312 e. The number of amides is 1. The van der Waals surface area contributed by atoms with E-state index in [0.29, 0.717) is 11.2 Å². The monoisotopic (exact) mass is 374 g/mol. The van der Waals surface area contributed by atoms with E-state index in [9.17, 15) is 19.5 Å². The molecule has 2 heterocycles. The highest BCUT2D eigenvalue weighted by molar-refractivity contribution is 6.02. The molecule has 0 spiro atoms. The van der Waals surface area contributed by atoms with Crippen molar-refractivity contribution in [1.82, 2.24) is 4.98 Å². The fraction of sp³-hybridized carbons (Fsp3) is 0.421. The van der Waals surface area contributed by atoms with E-state index in [0.717, 1.165) is 5.39 Å². The first-order valence-corrected chi connectivity index (χ1v) is 8.61. The quantitative estimate of drug-likeness (QED) is 0.784. The summed E-state index contributed by atoms with van der Waals surface area (Å²) in [6, 6.07) is 8.21. The van der Waals surface area contributed by atoms with Gasteiger partial charge in [0.05, 0.1) is 12.1 Å². The van der Waals surface area contributed by atoms with Crippen LogP contribution in [0.4, 0.5) is 5.69 Å². The van der Waals surface area contributed by atoms with Gasteiger partial charge in [-0.1, -0.05) is 6.07 Å². The lowest BCUT2D eigenvalue weighted by molar-refractivity contribution is -0.221. The number of aromatic amines is 1. The molecule has 144 valence electrons. The van der Waals surface area contributed by atoms with Gasteiger partial charge in [0.2, 0.25) is 5.56 Å². The van der Waals surface area contributed by atoms with E-state index in [1.54, 1.807) is 45.0 Å². The Morgan fingerprint density at radius 3 is 2.70 bits per heavy atom. The molecule has 2 N–H and O–H groups in total. The molecule has 3 rings (SSSR count). The smallest absolute Gasteiger partial charge is 0.312 e. The summed E-state index contributed by atoms with van der Waals surface area (Å²) in [7, 11) is 0. The molecule has 1 aliphatic heterocycles. The van der Waals surface area contributed by atoms with Crippen LogP contribution in [0.15, 0.2) is 35.1 Å². The number of benzene rings is 1. The fourth-order valence-corrected chi connectivity index (χ4v) is 2.93. The predicted molar refractivity (Wildman–Crippen MR) is 98.3 cm³/mol. The Bertz CT molecular complexity index is 945. The molecule has 0 unspecified atom stereocenters. The van der Waals surface area contributed by atoms with Crippen molar-refractivity contribution < 1.29 is 24.2 Å². The van der Waals surface area contributed by atoms with Gasteiger partial charge in [-0.2, -0.15) is 0 Å². The van der Waals surface area contributed by atoms with Crippen LogP contribution < -0.4 is 10.5 Å². The van der Waals surface area contributed by atoms with Gasteiger partial charge < -0.3 is 24.5 Å². The summed E-state index contributed by atoms with van der Waals surface area (Å²) in [5.74, 6) is -3.78. The molecule has 0 bridgehead atoms. The van der Waals surface area contributed by atoms with Gasteiger partial charge in [0.1, 0.15) is 12.0 Å². The average molecular weight is 374 g/mol. The number of fused-ring (bicyclic) bond motifs is 1. The maximum absolute atomic E-state index is 12.8. The van der Waals surface area contributed by atoms with E-state index >= 15 is 0 Å². The van der Waals surface area contributed by atoms with E-state index in [2.05, 4.69) is 4.98 Å². The lowest BCUT2D eigenvalue weighted by atomic mass is 10.1. The number of nitrogens with one attached hydrogen (secondary N) is 1. The molecule has 1 aliphatic rings. The van der Waals surface area contributed by atoms with E-state index in [-0.39, 0.29) is 18.7 Å². The highest BCUT2D eigenvalue weighted by atomic mass is 16.6. The van der Waals surface area contributed by atoms with Crippen molar-refractivity contribution >= 4 is 28.5 Å². The minimum Gasteiger partial charge on any atom is -0.460 e. The molecule has 1 aromatic carbocycles. The zero-order valence-electron chi connectivity index (χ0n) is 15.4. The minimum atomic E-state index is -2.29. The molecule has 0 saturated carbocycles. The Morgan fingerprint density at radius 1 is 1.30 bits per heavy atom. The number of H-pyrrole nitrogens is 1. The maximum atomic E-state index is 12.8. The van der Waals surface area contributed by atoms with Crippen LogP contribution in [0.25, 0.3) is 10.9 Å². The standard InChI is InChI=1S/C19H22N2O6/c1-18(2,3)27-16(23)11-19(25)17(24)21(8-9-26-19)13-6-4-12-5-7-15(22)20-14(12)10-13/h4-7,10,25H,8-9,11H2,1-3H3,(H,20,22)/t19-/m1/s1. The van der Waals surface area contributed by atoms with Crippen LogP contribution in [0.3, 0.4) is 0 Å². The Labute approximate surface area is 155 Å². The van der Waals surface area contributed by atoms with Crippen LogP contribution in [0, 0.1) is 0 Å². The van der Waals surface area contributed by atoms with Crippen molar-refractivity contribution in [2.75, 3.05) is 18.1 Å². The number of hydrogen-bond acceptors (Lipinski definition) is 6. The van der Waals surface area contributed by atoms with Crippen molar-refractivity contribution in [2.24, 2.45) is 0 Å². The van der Waals surface area contributed by atoms with Crippen LogP contribution in [-0.2, 0) is 19.1 Å². The summed E-state index contributed by atoms with van der Waals surface area (Å²) in [6.07, 6.45) is -0.607. The van der Waals surface area contributed by atoms with Gasteiger partial charge in [0.25, 0.3) is 11.7 Å². The third-order valence-electron chi connectivity index (χ3n) is 4.06. The number of pyridine rings is 1. The third-order valence-corrected chi connectivity index (χ3v) is 4.06. The number of esters is 1. The van der Waals surface area contributed by atoms with Crippen molar-refractivity contribution in [3.8, 4) is 0 Å². The molecule has 1 fully saturated rings. The number of rotatable bonds is 3. The minimum absolute atomic E-state index is 0.0500. The van der Waals surface area contributed by atoms with Crippen molar-refractivity contribution in [1.29, 1.82) is 0 Å². The molecular formula is C19H22N2O6. The number of carbonyl (C=O) groups is 2. The summed E-state index contributed by atoms with van der Waals surface area (Å²) in [4.78, 5) is 40.4. The highest BCUT2D eigenvalue weighted by Crippen LogP contribution is 2.28. The van der Waals surface area contributed by atoms with Gasteiger partial charge in [-0.25, -0.2) is 0 Å². The second-order valence-corrected chi connectivity index (χ2v) is 7.45. The van der Waals surface area contributed by atoms with Crippen LogP contribution >= 0.6 is 0 Å². The molecule has 1 atom stereocenters. The van der Waals surface area contributed by atoms with Crippen molar-refractivity contribution in [3.63, 3.8) is 0 Å². The molecule has 0 radical (unpaired) electrons. The first-order chi connectivity index (χ1) is 12.6. The van der Waals surface area contributed by atoms with E-state index in [1.165, 1.54) is 11.0 Å². The SMILES string of the molecule is CC(C)(C)OC(=O)C[C@@]1(O)OCCN(c2ccc3ccc(=O)[nH]c3c2)C1=O. The number of morpholine rings is 1. The molecule has 1 aromatic heterocycles. The summed E-state index contributed by atoms with van der Waals surface area (Å²) in [6.45, 7) is 5.34. The highest BCUT2D eigenvalue weighted by Gasteiger charge is 2.47. The molecule has 1 amide bonds. The number of aromatic nitrogens is 1. The molecule has 27 heavy (non-hydrogen) atoms. The third kappa shape index (κ3) is 4.17. The number of nitrogens with zero attached hydrogens (tertiary/aromatic N) is 1. The second-order valence-electron chi connectivity index (χ2n) is 7.45. The Morgan fingerprint density at radius 2 is 2.00 bits per heavy atom. The molecular weight excluding hydrogens is 352 g/mol. The first kappa shape index (κ1) is 19.1. The van der Waals surface area contributed by atoms with Crippen LogP contribution in [-0.4, -0.2) is 46.5 Å². The zero-order chi connectivity index (χ0) is 19.8. The van der Waals surface area contributed by atoms with Gasteiger partial charge in [-0.15, -0.1) is 0 Å². The lowest BCUT2D eigenvalue weighted by Gasteiger charge is -2.37. The van der Waals surface area contributed by atoms with E-state index < -0.39 is 29.7 Å². The molecule has 0 aliphatic carbocycles. The van der Waals surface area contributed by atoms with Gasteiger partial charge in [-0.05, 0) is 44.4 Å². The molecule has 8 heteroatoms. The second kappa shape index (κ2) is 6.79. The molecule has 8 nitrogen and oxygen atoms in total. The van der Waals surface area contributed by atoms with Gasteiger partial charge >= 0.3 is 5.97 Å². The van der Waals surface area contributed by atoms with E-state index in [1.807, 2.05) is 0 Å². The van der Waals surface area contributed by atoms with Crippen LogP contribution in [0.2, 0.25) is 0 Å². The Kier molecular flexibility index (Phi) is 4.79. The molecule has 2 aromatic rings. The fourth-order valence-electron chi connectivity index (χ4n) is 2.93. The van der Waals surface area contributed by atoms with Gasteiger partial charge in [0.15, 0.2) is 0 Å². The van der Waals surface area contributed by atoms with Gasteiger partial charge in [0, 0.05) is 18.3 Å². The molecule has 1 saturated heterocycles. The average Bonchev–Trinajstić information content (AvgIpc) is 2.55. The van der Waals surface area contributed by atoms with Gasteiger partial charge in [-0.3, -0.25) is 14.4 Å². The largest absolute Gasteiger partial charge is 0.460 e. The number of aliphatic hydroxyl groups is 1. The van der Waals surface area contributed by atoms with Crippen LogP contribution in [0.5, 0.6) is 0 Å². The lowest BCUT2D eigenvalue weighted by Crippen LogP contribution is -2.58. The summed E-state index contributed by atoms with van der Waals surface area (Å²) >= 11 is 0. The van der Waals surface area contributed by atoms with Crippen molar-refractivity contribution in [3.05, 3.63) is 40.7 Å². The number of carbonyl (C=O) groups excluding carboxylic acids is 2. The summed E-state index contributed by atoms with van der Waals surface area (Å²) < 4.78 is 10.4. The van der Waals surface area contributed by atoms with Crippen LogP contribution in [0.1, 0.15) is 27.2 Å². The summed E-state index contributed by atoms with van der Waals surface area (Å²) in [5, 5.41) is 11.4. The Hall–Kier alpha value is -2.71. The summed E-state index contributed by atoms with van der Waals surface area (Å²) in [5.41, 5.74) is 0.0549. The number of anilines is 1.